The number of benzene rings is 1. The SMILES string of the molecule is Cc1cn2cccc(OCCOc3ccc(N)cc3)c2n1. The lowest BCUT2D eigenvalue weighted by molar-refractivity contribution is 0.218. The van der Waals surface area contributed by atoms with Crippen LogP contribution in [0.2, 0.25) is 0 Å². The van der Waals surface area contributed by atoms with Crippen molar-refractivity contribution in [2.45, 2.75) is 6.92 Å². The first kappa shape index (κ1) is 13.3. The molecule has 0 aliphatic carbocycles. The van der Waals surface area contributed by atoms with Gasteiger partial charge >= 0.3 is 0 Å². The van der Waals surface area contributed by atoms with Crippen LogP contribution in [0.4, 0.5) is 5.69 Å². The first-order valence-corrected chi connectivity index (χ1v) is 6.78. The van der Waals surface area contributed by atoms with E-state index in [1.165, 1.54) is 0 Å². The van der Waals surface area contributed by atoms with E-state index in [2.05, 4.69) is 4.98 Å². The van der Waals surface area contributed by atoms with Crippen molar-refractivity contribution in [1.82, 2.24) is 9.38 Å². The zero-order valence-corrected chi connectivity index (χ0v) is 11.8. The molecule has 5 heteroatoms. The first-order valence-electron chi connectivity index (χ1n) is 6.78. The molecule has 0 saturated heterocycles. The van der Waals surface area contributed by atoms with Crippen molar-refractivity contribution in [2.24, 2.45) is 0 Å². The lowest BCUT2D eigenvalue weighted by atomic mass is 10.3. The van der Waals surface area contributed by atoms with E-state index in [1.807, 2.05) is 60.1 Å². The number of ether oxygens (including phenoxy) is 2. The highest BCUT2D eigenvalue weighted by Gasteiger charge is 2.05. The summed E-state index contributed by atoms with van der Waals surface area (Å²) in [6.07, 6.45) is 3.92. The van der Waals surface area contributed by atoms with Gasteiger partial charge in [-0.1, -0.05) is 0 Å². The smallest absolute Gasteiger partial charge is 0.179 e. The number of aryl methyl sites for hydroxylation is 1. The second kappa shape index (κ2) is 5.75. The van der Waals surface area contributed by atoms with Gasteiger partial charge in [0, 0.05) is 18.1 Å². The number of pyridine rings is 1. The van der Waals surface area contributed by atoms with Crippen LogP contribution >= 0.6 is 0 Å². The van der Waals surface area contributed by atoms with Crippen LogP contribution in [0, 0.1) is 6.92 Å². The molecule has 0 radical (unpaired) electrons. The maximum atomic E-state index is 5.75. The summed E-state index contributed by atoms with van der Waals surface area (Å²) in [6, 6.07) is 11.1. The molecule has 3 rings (SSSR count). The Morgan fingerprint density at radius 2 is 1.86 bits per heavy atom. The van der Waals surface area contributed by atoms with Crippen LogP contribution in [-0.2, 0) is 0 Å². The Bertz CT molecular complexity index is 735. The normalized spacial score (nSPS) is 10.7. The molecule has 0 unspecified atom stereocenters. The van der Waals surface area contributed by atoms with Crippen molar-refractivity contribution < 1.29 is 9.47 Å². The van der Waals surface area contributed by atoms with Crippen LogP contribution in [0.5, 0.6) is 11.5 Å². The number of fused-ring (bicyclic) bond motifs is 1. The third-order valence-electron chi connectivity index (χ3n) is 3.06. The summed E-state index contributed by atoms with van der Waals surface area (Å²) in [7, 11) is 0. The largest absolute Gasteiger partial charge is 0.490 e. The topological polar surface area (TPSA) is 61.8 Å². The lowest BCUT2D eigenvalue weighted by Gasteiger charge is -2.09. The molecule has 0 aliphatic rings. The molecule has 2 aromatic heterocycles. The third kappa shape index (κ3) is 3.08. The van der Waals surface area contributed by atoms with Crippen molar-refractivity contribution in [3.63, 3.8) is 0 Å². The van der Waals surface area contributed by atoms with Crippen molar-refractivity contribution in [1.29, 1.82) is 0 Å². The number of imidazole rings is 1. The molecular weight excluding hydrogens is 266 g/mol. The summed E-state index contributed by atoms with van der Waals surface area (Å²) < 4.78 is 13.3. The van der Waals surface area contributed by atoms with Crippen LogP contribution in [0.3, 0.4) is 0 Å². The molecule has 0 amide bonds. The number of nitrogens with zero attached hydrogens (tertiary/aromatic N) is 2. The van der Waals surface area contributed by atoms with Crippen molar-refractivity contribution in [2.75, 3.05) is 18.9 Å². The molecule has 0 fully saturated rings. The van der Waals surface area contributed by atoms with Gasteiger partial charge in [-0.05, 0) is 43.3 Å². The van der Waals surface area contributed by atoms with E-state index in [1.54, 1.807) is 0 Å². The first-order chi connectivity index (χ1) is 10.2. The number of hydrogen-bond donors (Lipinski definition) is 1. The van der Waals surface area contributed by atoms with E-state index in [0.717, 1.165) is 28.5 Å². The standard InChI is InChI=1S/C16H17N3O2/c1-12-11-19-8-2-3-15(16(19)18-12)21-10-9-20-14-6-4-13(17)5-7-14/h2-8,11H,9-10,17H2,1H3. The van der Waals surface area contributed by atoms with E-state index < -0.39 is 0 Å². The third-order valence-corrected chi connectivity index (χ3v) is 3.06. The fourth-order valence-corrected chi connectivity index (χ4v) is 2.10. The quantitative estimate of drug-likeness (QED) is 0.577. The van der Waals surface area contributed by atoms with Crippen molar-refractivity contribution >= 4 is 11.3 Å². The predicted molar refractivity (Wildman–Crippen MR) is 81.8 cm³/mol. The second-order valence-electron chi connectivity index (χ2n) is 4.75. The van der Waals surface area contributed by atoms with Crippen LogP contribution < -0.4 is 15.2 Å². The lowest BCUT2D eigenvalue weighted by Crippen LogP contribution is -2.09. The van der Waals surface area contributed by atoms with Gasteiger partial charge in [-0.15, -0.1) is 0 Å². The van der Waals surface area contributed by atoms with Gasteiger partial charge in [-0.25, -0.2) is 4.98 Å². The molecule has 1 aromatic carbocycles. The van der Waals surface area contributed by atoms with Crippen LogP contribution in [0.1, 0.15) is 5.69 Å². The minimum atomic E-state index is 0.454. The van der Waals surface area contributed by atoms with Crippen LogP contribution in [-0.4, -0.2) is 22.6 Å². The summed E-state index contributed by atoms with van der Waals surface area (Å²) in [5.41, 5.74) is 8.13. The molecule has 0 saturated carbocycles. The number of nitrogen functional groups attached to an aromatic ring is 1. The Balaban J connectivity index is 1.58. The molecule has 0 bridgehead atoms. The van der Waals surface area contributed by atoms with Gasteiger partial charge in [0.25, 0.3) is 0 Å². The zero-order valence-electron chi connectivity index (χ0n) is 11.8. The molecule has 2 N–H and O–H groups in total. The monoisotopic (exact) mass is 283 g/mol. The molecule has 2 heterocycles. The van der Waals surface area contributed by atoms with E-state index >= 15 is 0 Å². The minimum Gasteiger partial charge on any atom is -0.490 e. The summed E-state index contributed by atoms with van der Waals surface area (Å²) >= 11 is 0. The average Bonchev–Trinajstić information content (AvgIpc) is 2.86. The number of nitrogens with two attached hydrogens (primary N) is 1. The molecule has 0 atom stereocenters. The summed E-state index contributed by atoms with van der Waals surface area (Å²) in [5, 5.41) is 0. The summed E-state index contributed by atoms with van der Waals surface area (Å²) in [6.45, 7) is 2.88. The van der Waals surface area contributed by atoms with Gasteiger partial charge in [-0.3, -0.25) is 0 Å². The van der Waals surface area contributed by atoms with E-state index in [9.17, 15) is 0 Å². The van der Waals surface area contributed by atoms with Gasteiger partial charge in [-0.2, -0.15) is 0 Å². The second-order valence-corrected chi connectivity index (χ2v) is 4.75. The Morgan fingerprint density at radius 3 is 2.67 bits per heavy atom. The summed E-state index contributed by atoms with van der Waals surface area (Å²) in [4.78, 5) is 4.44. The molecule has 5 nitrogen and oxygen atoms in total. The van der Waals surface area contributed by atoms with Gasteiger partial charge in [0.05, 0.1) is 5.69 Å². The predicted octanol–water partition coefficient (Wildman–Crippen LogP) is 2.68. The highest BCUT2D eigenvalue weighted by Crippen LogP contribution is 2.19. The highest BCUT2D eigenvalue weighted by molar-refractivity contribution is 5.54. The molecular formula is C16H17N3O2. The number of anilines is 1. The Hall–Kier alpha value is -2.69. The molecule has 21 heavy (non-hydrogen) atoms. The van der Waals surface area contributed by atoms with E-state index in [0.29, 0.717) is 13.2 Å². The Kier molecular flexibility index (Phi) is 3.64. The maximum Gasteiger partial charge on any atom is 0.179 e. The molecule has 3 aromatic rings. The van der Waals surface area contributed by atoms with Gasteiger partial charge in [0.2, 0.25) is 0 Å². The maximum absolute atomic E-state index is 5.75. The van der Waals surface area contributed by atoms with Crippen LogP contribution in [0.25, 0.3) is 5.65 Å². The fraction of sp³-hybridized carbons (Fsp3) is 0.188. The zero-order chi connectivity index (χ0) is 14.7. The molecule has 108 valence electrons. The molecule has 0 spiro atoms. The Morgan fingerprint density at radius 1 is 1.10 bits per heavy atom. The van der Waals surface area contributed by atoms with E-state index in [-0.39, 0.29) is 0 Å². The fourth-order valence-electron chi connectivity index (χ4n) is 2.10. The average molecular weight is 283 g/mol. The Labute approximate surface area is 122 Å². The van der Waals surface area contributed by atoms with Gasteiger partial charge in [0.1, 0.15) is 19.0 Å². The van der Waals surface area contributed by atoms with E-state index in [4.69, 9.17) is 15.2 Å². The van der Waals surface area contributed by atoms with Crippen LogP contribution in [0.15, 0.2) is 48.8 Å². The van der Waals surface area contributed by atoms with Crippen molar-refractivity contribution in [3.05, 3.63) is 54.5 Å². The van der Waals surface area contributed by atoms with Gasteiger partial charge in [0.15, 0.2) is 11.4 Å². The van der Waals surface area contributed by atoms with Gasteiger partial charge < -0.3 is 19.6 Å². The number of rotatable bonds is 5. The van der Waals surface area contributed by atoms with Crippen molar-refractivity contribution in [3.8, 4) is 11.5 Å². The summed E-state index contributed by atoms with van der Waals surface area (Å²) in [5.74, 6) is 1.54. The highest BCUT2D eigenvalue weighted by atomic mass is 16.5. The number of aromatic nitrogens is 2. The number of hydrogen-bond acceptors (Lipinski definition) is 4. The molecule has 0 aliphatic heterocycles. The minimum absolute atomic E-state index is 0.454.